The standard InChI is InChI=1S/C20H18F3N5O/c1-12(20(21,22)23)18-15-6-3-7-17(24)16(15)9-14(27-18)5-4-8-25-19(29)13-10-26-28(2)11-13/h3-7,9-11H,1,8,24H2,2H3,(H,25,29)/b5-4+. The van der Waals surface area contributed by atoms with E-state index < -0.39 is 11.7 Å². The lowest BCUT2D eigenvalue weighted by molar-refractivity contribution is -0.0688. The Morgan fingerprint density at radius 2 is 2.10 bits per heavy atom. The number of carbonyl (C=O) groups is 1. The van der Waals surface area contributed by atoms with Crippen molar-refractivity contribution >= 4 is 34.0 Å². The van der Waals surface area contributed by atoms with E-state index in [1.807, 2.05) is 0 Å². The topological polar surface area (TPSA) is 85.8 Å². The van der Waals surface area contributed by atoms with Crippen LogP contribution in [0.4, 0.5) is 18.9 Å². The Kier molecular flexibility index (Phi) is 5.40. The summed E-state index contributed by atoms with van der Waals surface area (Å²) in [4.78, 5) is 16.1. The van der Waals surface area contributed by atoms with Gasteiger partial charge in [0.2, 0.25) is 0 Å². The molecule has 2 aromatic heterocycles. The number of anilines is 1. The second-order valence-corrected chi connectivity index (χ2v) is 6.33. The predicted octanol–water partition coefficient (Wildman–Crippen LogP) is 3.57. The van der Waals surface area contributed by atoms with Crippen molar-refractivity contribution in [2.75, 3.05) is 12.3 Å². The number of fused-ring (bicyclic) bond motifs is 1. The number of nitrogens with zero attached hydrogens (tertiary/aromatic N) is 3. The van der Waals surface area contributed by atoms with E-state index in [1.54, 1.807) is 37.5 Å². The van der Waals surface area contributed by atoms with Crippen LogP contribution in [-0.4, -0.2) is 33.4 Å². The zero-order chi connectivity index (χ0) is 21.2. The Balaban J connectivity index is 1.85. The summed E-state index contributed by atoms with van der Waals surface area (Å²) in [5, 5.41) is 7.29. The van der Waals surface area contributed by atoms with Crippen molar-refractivity contribution in [1.29, 1.82) is 0 Å². The smallest absolute Gasteiger partial charge is 0.398 e. The molecule has 0 aliphatic heterocycles. The summed E-state index contributed by atoms with van der Waals surface area (Å²) < 4.78 is 41.1. The minimum Gasteiger partial charge on any atom is -0.398 e. The van der Waals surface area contributed by atoms with Crippen LogP contribution in [0.15, 0.2) is 49.3 Å². The molecule has 6 nitrogen and oxygen atoms in total. The average molecular weight is 401 g/mol. The fraction of sp³-hybridized carbons (Fsp3) is 0.150. The van der Waals surface area contributed by atoms with Gasteiger partial charge in [0.15, 0.2) is 0 Å². The number of halogens is 3. The third-order valence-corrected chi connectivity index (χ3v) is 4.19. The van der Waals surface area contributed by atoms with Crippen molar-refractivity contribution in [3.05, 3.63) is 66.3 Å². The summed E-state index contributed by atoms with van der Waals surface area (Å²) in [7, 11) is 1.69. The Labute approximate surface area is 164 Å². The summed E-state index contributed by atoms with van der Waals surface area (Å²) in [5.74, 6) is -0.315. The molecule has 29 heavy (non-hydrogen) atoms. The maximum atomic E-state index is 13.2. The number of nitrogen functional groups attached to an aromatic ring is 1. The maximum Gasteiger partial charge on any atom is 0.417 e. The van der Waals surface area contributed by atoms with E-state index in [9.17, 15) is 18.0 Å². The second kappa shape index (κ2) is 7.78. The van der Waals surface area contributed by atoms with E-state index >= 15 is 0 Å². The van der Waals surface area contributed by atoms with Crippen LogP contribution >= 0.6 is 0 Å². The molecule has 0 atom stereocenters. The molecular weight excluding hydrogens is 383 g/mol. The van der Waals surface area contributed by atoms with Crippen LogP contribution in [0.2, 0.25) is 0 Å². The number of allylic oxidation sites excluding steroid dienone is 1. The number of hydrogen-bond acceptors (Lipinski definition) is 4. The molecule has 1 amide bonds. The van der Waals surface area contributed by atoms with Gasteiger partial charge in [-0.2, -0.15) is 18.3 Å². The van der Waals surface area contributed by atoms with Gasteiger partial charge in [-0.05, 0) is 18.2 Å². The number of benzene rings is 1. The molecule has 150 valence electrons. The van der Waals surface area contributed by atoms with Crippen molar-refractivity contribution in [1.82, 2.24) is 20.1 Å². The highest BCUT2D eigenvalue weighted by Crippen LogP contribution is 2.36. The highest BCUT2D eigenvalue weighted by atomic mass is 19.4. The van der Waals surface area contributed by atoms with E-state index in [-0.39, 0.29) is 29.2 Å². The van der Waals surface area contributed by atoms with Crippen LogP contribution in [0, 0.1) is 0 Å². The zero-order valence-electron chi connectivity index (χ0n) is 15.5. The third kappa shape index (κ3) is 4.45. The Morgan fingerprint density at radius 1 is 1.34 bits per heavy atom. The molecule has 0 spiro atoms. The van der Waals surface area contributed by atoms with E-state index in [1.165, 1.54) is 23.0 Å². The molecule has 9 heteroatoms. The first kappa shape index (κ1) is 20.1. The number of pyridine rings is 1. The van der Waals surface area contributed by atoms with Gasteiger partial charge in [-0.1, -0.05) is 24.8 Å². The van der Waals surface area contributed by atoms with E-state index in [2.05, 4.69) is 22.0 Å². The summed E-state index contributed by atoms with van der Waals surface area (Å²) in [5.41, 5.74) is 5.62. The van der Waals surface area contributed by atoms with Gasteiger partial charge in [-0.15, -0.1) is 0 Å². The van der Waals surface area contributed by atoms with Crippen LogP contribution in [0.5, 0.6) is 0 Å². The molecule has 2 heterocycles. The fourth-order valence-electron chi connectivity index (χ4n) is 2.74. The second-order valence-electron chi connectivity index (χ2n) is 6.33. The van der Waals surface area contributed by atoms with Gasteiger partial charge in [-0.3, -0.25) is 9.48 Å². The van der Waals surface area contributed by atoms with Gasteiger partial charge in [0.25, 0.3) is 5.91 Å². The quantitative estimate of drug-likeness (QED) is 0.640. The first-order chi connectivity index (χ1) is 13.7. The molecule has 0 fully saturated rings. The molecule has 3 aromatic rings. The minimum atomic E-state index is -4.62. The number of rotatable bonds is 5. The molecule has 0 saturated heterocycles. The lowest BCUT2D eigenvalue weighted by Gasteiger charge is -2.14. The summed E-state index contributed by atoms with van der Waals surface area (Å²) in [6.45, 7) is 3.32. The lowest BCUT2D eigenvalue weighted by atomic mass is 10.0. The summed E-state index contributed by atoms with van der Waals surface area (Å²) in [6.07, 6.45) is 1.48. The number of amides is 1. The molecule has 0 unspecified atom stereocenters. The van der Waals surface area contributed by atoms with E-state index in [4.69, 9.17) is 5.73 Å². The number of aromatic nitrogens is 3. The maximum absolute atomic E-state index is 13.2. The molecule has 0 bridgehead atoms. The monoisotopic (exact) mass is 401 g/mol. The normalized spacial score (nSPS) is 11.9. The molecule has 3 rings (SSSR count). The molecule has 0 aliphatic carbocycles. The van der Waals surface area contributed by atoms with Crippen LogP contribution in [0.25, 0.3) is 22.4 Å². The van der Waals surface area contributed by atoms with Crippen LogP contribution in [0.1, 0.15) is 21.7 Å². The van der Waals surface area contributed by atoms with Gasteiger partial charge in [0, 0.05) is 36.2 Å². The van der Waals surface area contributed by atoms with Crippen molar-refractivity contribution < 1.29 is 18.0 Å². The molecule has 1 aromatic carbocycles. The zero-order valence-corrected chi connectivity index (χ0v) is 15.5. The van der Waals surface area contributed by atoms with Crippen molar-refractivity contribution in [3.8, 4) is 0 Å². The lowest BCUT2D eigenvalue weighted by Crippen LogP contribution is -2.22. The SMILES string of the molecule is C=C(c1nc(/C=C/CNC(=O)c2cnn(C)c2)cc2c(N)cccc12)C(F)(F)F. The Bertz CT molecular complexity index is 1110. The number of aryl methyl sites for hydroxylation is 1. The largest absolute Gasteiger partial charge is 0.417 e. The highest BCUT2D eigenvalue weighted by molar-refractivity contribution is 6.00. The van der Waals surface area contributed by atoms with Gasteiger partial charge in [-0.25, -0.2) is 4.98 Å². The summed E-state index contributed by atoms with van der Waals surface area (Å²) >= 11 is 0. The Morgan fingerprint density at radius 3 is 2.76 bits per heavy atom. The third-order valence-electron chi connectivity index (χ3n) is 4.19. The van der Waals surface area contributed by atoms with Crippen molar-refractivity contribution in [2.24, 2.45) is 7.05 Å². The number of nitrogens with two attached hydrogens (primary N) is 1. The van der Waals surface area contributed by atoms with E-state index in [0.29, 0.717) is 16.6 Å². The summed E-state index contributed by atoms with van der Waals surface area (Å²) in [6, 6.07) is 6.28. The minimum absolute atomic E-state index is 0.160. The fourth-order valence-corrected chi connectivity index (χ4v) is 2.74. The highest BCUT2D eigenvalue weighted by Gasteiger charge is 2.35. The van der Waals surface area contributed by atoms with Gasteiger partial charge < -0.3 is 11.1 Å². The molecule has 3 N–H and O–H groups in total. The first-order valence-electron chi connectivity index (χ1n) is 8.56. The predicted molar refractivity (Wildman–Crippen MR) is 106 cm³/mol. The van der Waals surface area contributed by atoms with Crippen LogP contribution in [0.3, 0.4) is 0 Å². The molecule has 0 radical (unpaired) electrons. The number of alkyl halides is 3. The molecular formula is C20H18F3N5O. The number of nitrogens with one attached hydrogen (secondary N) is 1. The van der Waals surface area contributed by atoms with Crippen molar-refractivity contribution in [2.45, 2.75) is 6.18 Å². The number of hydrogen-bond donors (Lipinski definition) is 2. The number of carbonyl (C=O) groups excluding carboxylic acids is 1. The van der Waals surface area contributed by atoms with Crippen molar-refractivity contribution in [3.63, 3.8) is 0 Å². The Hall–Kier alpha value is -3.62. The van der Waals surface area contributed by atoms with Gasteiger partial charge in [0.1, 0.15) is 0 Å². The van der Waals surface area contributed by atoms with Crippen LogP contribution < -0.4 is 11.1 Å². The first-order valence-corrected chi connectivity index (χ1v) is 8.56. The van der Waals surface area contributed by atoms with Gasteiger partial charge in [0.05, 0.1) is 28.7 Å². The molecule has 0 aliphatic rings. The van der Waals surface area contributed by atoms with Gasteiger partial charge >= 0.3 is 6.18 Å². The van der Waals surface area contributed by atoms with Crippen LogP contribution in [-0.2, 0) is 7.05 Å². The molecule has 0 saturated carbocycles. The van der Waals surface area contributed by atoms with E-state index in [0.717, 1.165) is 0 Å². The average Bonchev–Trinajstić information content (AvgIpc) is 3.10.